The molecular weight excluding hydrogens is 382 g/mol. The van der Waals surface area contributed by atoms with Gasteiger partial charge >= 0.3 is 6.09 Å². The summed E-state index contributed by atoms with van der Waals surface area (Å²) in [5, 5.41) is 0. The zero-order valence-corrected chi connectivity index (χ0v) is 18.8. The fraction of sp³-hybridized carbons (Fsp3) is 0.250. The summed E-state index contributed by atoms with van der Waals surface area (Å²) in [6.07, 6.45) is 3.80. The van der Waals surface area contributed by atoms with Gasteiger partial charge in [0.2, 0.25) is 0 Å². The third-order valence-corrected chi connectivity index (χ3v) is 4.85. The number of carbonyl (C=O) groups is 1. The lowest BCUT2D eigenvalue weighted by Crippen LogP contribution is -2.38. The van der Waals surface area contributed by atoms with E-state index in [1.807, 2.05) is 69.3 Å². The number of rotatable bonds is 6. The van der Waals surface area contributed by atoms with Crippen LogP contribution in [0.4, 0.5) is 4.79 Å². The molecule has 3 rings (SSSR count). The molecule has 160 valence electrons. The first-order chi connectivity index (χ1) is 14.8. The summed E-state index contributed by atoms with van der Waals surface area (Å²) >= 11 is 0. The summed E-state index contributed by atoms with van der Waals surface area (Å²) in [4.78, 5) is 15.1. The van der Waals surface area contributed by atoms with Gasteiger partial charge in [0.25, 0.3) is 0 Å². The van der Waals surface area contributed by atoms with Gasteiger partial charge < -0.3 is 4.74 Å². The molecule has 3 aromatic rings. The van der Waals surface area contributed by atoms with Gasteiger partial charge in [-0.15, -0.1) is 0 Å². The molecule has 0 fully saturated rings. The van der Waals surface area contributed by atoms with Gasteiger partial charge in [-0.1, -0.05) is 103 Å². The van der Waals surface area contributed by atoms with Crippen LogP contribution in [-0.4, -0.2) is 16.6 Å². The van der Waals surface area contributed by atoms with Gasteiger partial charge in [0, 0.05) is 6.54 Å². The summed E-state index contributed by atoms with van der Waals surface area (Å²) < 4.78 is 5.80. The first-order valence-electron chi connectivity index (χ1n) is 10.7. The SMILES string of the molecule is Cc1ccc(CN(C(=O)OC(C)(C)C)C(/C=C/c2ccccc2)c2ccccc2)cc1. The molecule has 0 bridgehead atoms. The van der Waals surface area contributed by atoms with E-state index < -0.39 is 5.60 Å². The van der Waals surface area contributed by atoms with Crippen molar-refractivity contribution in [3.05, 3.63) is 113 Å². The van der Waals surface area contributed by atoms with E-state index in [1.165, 1.54) is 5.56 Å². The highest BCUT2D eigenvalue weighted by atomic mass is 16.6. The maximum Gasteiger partial charge on any atom is 0.411 e. The molecule has 0 aliphatic heterocycles. The Balaban J connectivity index is 2.01. The maximum absolute atomic E-state index is 13.3. The zero-order valence-electron chi connectivity index (χ0n) is 18.8. The van der Waals surface area contributed by atoms with Crippen LogP contribution < -0.4 is 0 Å². The Hall–Kier alpha value is -3.33. The molecule has 3 heteroatoms. The number of benzene rings is 3. The van der Waals surface area contributed by atoms with E-state index in [2.05, 4.69) is 55.5 Å². The van der Waals surface area contributed by atoms with Crippen LogP contribution in [0.25, 0.3) is 6.08 Å². The minimum absolute atomic E-state index is 0.266. The van der Waals surface area contributed by atoms with Gasteiger partial charge in [0.05, 0.1) is 6.04 Å². The molecule has 1 atom stereocenters. The lowest BCUT2D eigenvalue weighted by atomic mass is 10.0. The number of ether oxygens (including phenoxy) is 1. The Morgan fingerprint density at radius 2 is 1.48 bits per heavy atom. The van der Waals surface area contributed by atoms with Crippen LogP contribution in [0.5, 0.6) is 0 Å². The highest BCUT2D eigenvalue weighted by molar-refractivity contribution is 5.70. The standard InChI is InChI=1S/C28H31NO2/c1-22-15-17-24(18-16-22)21-29(27(30)31-28(2,3)4)26(25-13-9-6-10-14-25)20-19-23-11-7-5-8-12-23/h5-20,26H,21H2,1-4H3/b20-19+. The van der Waals surface area contributed by atoms with E-state index in [9.17, 15) is 4.79 Å². The van der Waals surface area contributed by atoms with Crippen molar-refractivity contribution < 1.29 is 9.53 Å². The molecule has 31 heavy (non-hydrogen) atoms. The molecule has 0 heterocycles. The van der Waals surface area contributed by atoms with Crippen LogP contribution in [-0.2, 0) is 11.3 Å². The van der Waals surface area contributed by atoms with E-state index >= 15 is 0 Å². The molecule has 0 N–H and O–H groups in total. The second-order valence-electron chi connectivity index (χ2n) is 8.72. The highest BCUT2D eigenvalue weighted by Crippen LogP contribution is 2.28. The largest absolute Gasteiger partial charge is 0.444 e. The van der Waals surface area contributed by atoms with Crippen LogP contribution in [0.3, 0.4) is 0 Å². The van der Waals surface area contributed by atoms with Crippen LogP contribution in [0.1, 0.15) is 49.1 Å². The van der Waals surface area contributed by atoms with Gasteiger partial charge in [0.1, 0.15) is 5.60 Å². The quantitative estimate of drug-likeness (QED) is 0.428. The molecule has 0 spiro atoms. The molecular formula is C28H31NO2. The third-order valence-electron chi connectivity index (χ3n) is 4.85. The molecule has 0 saturated carbocycles. The summed E-state index contributed by atoms with van der Waals surface area (Å²) in [6, 6.07) is 28.2. The van der Waals surface area contributed by atoms with E-state index in [0.29, 0.717) is 6.54 Å². The normalized spacial score (nSPS) is 12.5. The van der Waals surface area contributed by atoms with Crippen molar-refractivity contribution in [2.75, 3.05) is 0 Å². The van der Waals surface area contributed by atoms with Crippen LogP contribution in [0.2, 0.25) is 0 Å². The van der Waals surface area contributed by atoms with Crippen molar-refractivity contribution in [2.24, 2.45) is 0 Å². The maximum atomic E-state index is 13.3. The topological polar surface area (TPSA) is 29.5 Å². The van der Waals surface area contributed by atoms with Crippen LogP contribution in [0.15, 0.2) is 91.0 Å². The molecule has 0 radical (unpaired) electrons. The Labute approximate surface area is 186 Å². The average molecular weight is 414 g/mol. The molecule has 0 aliphatic carbocycles. The van der Waals surface area contributed by atoms with Gasteiger partial charge in [-0.3, -0.25) is 4.90 Å². The number of aryl methyl sites for hydroxylation is 1. The van der Waals surface area contributed by atoms with E-state index in [1.54, 1.807) is 4.90 Å². The second kappa shape index (κ2) is 10.1. The Kier molecular flexibility index (Phi) is 7.30. The second-order valence-corrected chi connectivity index (χ2v) is 8.72. The molecule has 3 nitrogen and oxygen atoms in total. The smallest absolute Gasteiger partial charge is 0.411 e. The Morgan fingerprint density at radius 1 is 0.903 bits per heavy atom. The predicted molar refractivity (Wildman–Crippen MR) is 128 cm³/mol. The average Bonchev–Trinajstić information content (AvgIpc) is 2.74. The van der Waals surface area contributed by atoms with E-state index in [0.717, 1.165) is 16.7 Å². The first kappa shape index (κ1) is 22.4. The van der Waals surface area contributed by atoms with Crippen molar-refractivity contribution >= 4 is 12.2 Å². The van der Waals surface area contributed by atoms with E-state index in [4.69, 9.17) is 4.74 Å². The number of carbonyl (C=O) groups excluding carboxylic acids is 1. The molecule has 0 aromatic heterocycles. The number of hydrogen-bond donors (Lipinski definition) is 0. The van der Waals surface area contributed by atoms with Crippen molar-refractivity contribution in [1.29, 1.82) is 0 Å². The van der Waals surface area contributed by atoms with Gasteiger partial charge in [-0.25, -0.2) is 4.79 Å². The number of hydrogen-bond acceptors (Lipinski definition) is 2. The van der Waals surface area contributed by atoms with Crippen molar-refractivity contribution in [3.8, 4) is 0 Å². The highest BCUT2D eigenvalue weighted by Gasteiger charge is 2.28. The van der Waals surface area contributed by atoms with E-state index in [-0.39, 0.29) is 12.1 Å². The summed E-state index contributed by atoms with van der Waals surface area (Å²) in [7, 11) is 0. The lowest BCUT2D eigenvalue weighted by Gasteiger charge is -2.32. The Bertz CT molecular complexity index is 987. The molecule has 0 aliphatic rings. The van der Waals surface area contributed by atoms with Gasteiger partial charge in [0.15, 0.2) is 0 Å². The summed E-state index contributed by atoms with van der Waals surface area (Å²) in [5.41, 5.74) is 3.80. The monoisotopic (exact) mass is 413 g/mol. The fourth-order valence-electron chi connectivity index (χ4n) is 3.30. The lowest BCUT2D eigenvalue weighted by molar-refractivity contribution is 0.0178. The van der Waals surface area contributed by atoms with Gasteiger partial charge in [-0.05, 0) is 44.4 Å². The third kappa shape index (κ3) is 6.85. The molecule has 1 unspecified atom stereocenters. The van der Waals surface area contributed by atoms with Crippen molar-refractivity contribution in [3.63, 3.8) is 0 Å². The minimum Gasteiger partial charge on any atom is -0.444 e. The zero-order chi connectivity index (χ0) is 22.3. The van der Waals surface area contributed by atoms with Crippen LogP contribution in [0, 0.1) is 6.92 Å². The Morgan fingerprint density at radius 3 is 2.06 bits per heavy atom. The molecule has 0 saturated heterocycles. The number of amides is 1. The molecule has 1 amide bonds. The predicted octanol–water partition coefficient (Wildman–Crippen LogP) is 7.19. The van der Waals surface area contributed by atoms with Gasteiger partial charge in [-0.2, -0.15) is 0 Å². The molecule has 3 aromatic carbocycles. The summed E-state index contributed by atoms with van der Waals surface area (Å²) in [5.74, 6) is 0. The van der Waals surface area contributed by atoms with Crippen LogP contribution >= 0.6 is 0 Å². The fourth-order valence-corrected chi connectivity index (χ4v) is 3.30. The summed E-state index contributed by atoms with van der Waals surface area (Å²) in [6.45, 7) is 8.20. The van der Waals surface area contributed by atoms with Crippen molar-refractivity contribution in [1.82, 2.24) is 4.90 Å². The van der Waals surface area contributed by atoms with Crippen molar-refractivity contribution in [2.45, 2.75) is 45.9 Å². The minimum atomic E-state index is -0.576. The number of nitrogens with zero attached hydrogens (tertiary/aromatic N) is 1. The first-order valence-corrected chi connectivity index (χ1v) is 10.7.